The molecule has 1 atom stereocenters. The van der Waals surface area contributed by atoms with Crippen molar-refractivity contribution in [2.75, 3.05) is 11.9 Å². The van der Waals surface area contributed by atoms with Gasteiger partial charge in [-0.05, 0) is 25.8 Å². The standard InChI is InChI=1S/C10H16N4O/c1-2-10(4-3-5-13-10)8(15)14-9-11-6-7-12-9/h6-7,13H,2-5H2,1H3,(H2,11,12,14,15). The van der Waals surface area contributed by atoms with Crippen LogP contribution in [0.4, 0.5) is 5.95 Å². The van der Waals surface area contributed by atoms with E-state index in [9.17, 15) is 4.79 Å². The van der Waals surface area contributed by atoms with Gasteiger partial charge in [0.2, 0.25) is 11.9 Å². The summed E-state index contributed by atoms with van der Waals surface area (Å²) in [5, 5.41) is 6.07. The maximum absolute atomic E-state index is 12.0. The van der Waals surface area contributed by atoms with Crippen molar-refractivity contribution in [1.82, 2.24) is 15.3 Å². The minimum Gasteiger partial charge on any atom is -0.331 e. The SMILES string of the molecule is CCC1(C(=O)Nc2ncc[nH]2)CCCN1. The molecule has 1 aliphatic rings. The highest BCUT2D eigenvalue weighted by Gasteiger charge is 2.39. The molecule has 1 aromatic rings. The molecule has 1 fully saturated rings. The summed E-state index contributed by atoms with van der Waals surface area (Å²) < 4.78 is 0. The number of carbonyl (C=O) groups is 1. The maximum Gasteiger partial charge on any atom is 0.246 e. The number of carbonyl (C=O) groups excluding carboxylic acids is 1. The van der Waals surface area contributed by atoms with Crippen LogP contribution in [0, 0.1) is 0 Å². The Morgan fingerprint density at radius 1 is 1.73 bits per heavy atom. The molecule has 1 aliphatic heterocycles. The predicted molar refractivity (Wildman–Crippen MR) is 57.5 cm³/mol. The highest BCUT2D eigenvalue weighted by atomic mass is 16.2. The number of imidazole rings is 1. The third kappa shape index (κ3) is 1.87. The summed E-state index contributed by atoms with van der Waals surface area (Å²) >= 11 is 0. The van der Waals surface area contributed by atoms with Crippen LogP contribution in [-0.4, -0.2) is 28.0 Å². The van der Waals surface area contributed by atoms with Gasteiger partial charge in [-0.2, -0.15) is 0 Å². The van der Waals surface area contributed by atoms with E-state index in [0.717, 1.165) is 25.8 Å². The molecule has 1 saturated heterocycles. The zero-order valence-corrected chi connectivity index (χ0v) is 8.84. The normalized spacial score (nSPS) is 25.4. The van der Waals surface area contributed by atoms with Crippen LogP contribution in [0.3, 0.4) is 0 Å². The van der Waals surface area contributed by atoms with Crippen molar-refractivity contribution >= 4 is 11.9 Å². The van der Waals surface area contributed by atoms with E-state index in [1.165, 1.54) is 0 Å². The minimum atomic E-state index is -0.396. The Labute approximate surface area is 88.7 Å². The first-order valence-electron chi connectivity index (χ1n) is 5.33. The smallest absolute Gasteiger partial charge is 0.246 e. The van der Waals surface area contributed by atoms with E-state index in [4.69, 9.17) is 0 Å². The molecule has 3 N–H and O–H groups in total. The minimum absolute atomic E-state index is 0.0115. The van der Waals surface area contributed by atoms with Crippen LogP contribution >= 0.6 is 0 Å². The number of aromatic amines is 1. The third-order valence-corrected chi connectivity index (χ3v) is 3.01. The molecular formula is C10H16N4O. The fraction of sp³-hybridized carbons (Fsp3) is 0.600. The van der Waals surface area contributed by atoms with Crippen LogP contribution < -0.4 is 10.6 Å². The molecule has 5 heteroatoms. The fourth-order valence-electron chi connectivity index (χ4n) is 2.02. The molecule has 82 valence electrons. The second kappa shape index (κ2) is 4.02. The number of H-pyrrole nitrogens is 1. The molecule has 0 aliphatic carbocycles. The molecule has 0 saturated carbocycles. The Morgan fingerprint density at radius 2 is 2.60 bits per heavy atom. The largest absolute Gasteiger partial charge is 0.331 e. The van der Waals surface area contributed by atoms with E-state index < -0.39 is 5.54 Å². The number of hydrogen-bond donors (Lipinski definition) is 3. The van der Waals surface area contributed by atoms with E-state index in [1.807, 2.05) is 6.92 Å². The number of anilines is 1. The van der Waals surface area contributed by atoms with Gasteiger partial charge >= 0.3 is 0 Å². The number of rotatable bonds is 3. The Balaban J connectivity index is 2.06. The number of hydrogen-bond acceptors (Lipinski definition) is 3. The van der Waals surface area contributed by atoms with Gasteiger partial charge in [0, 0.05) is 12.4 Å². The first kappa shape index (κ1) is 10.2. The summed E-state index contributed by atoms with van der Waals surface area (Å²) in [7, 11) is 0. The maximum atomic E-state index is 12.0. The molecule has 15 heavy (non-hydrogen) atoms. The van der Waals surface area contributed by atoms with Crippen molar-refractivity contribution in [1.29, 1.82) is 0 Å². The number of nitrogens with one attached hydrogen (secondary N) is 3. The Morgan fingerprint density at radius 3 is 3.13 bits per heavy atom. The van der Waals surface area contributed by atoms with Gasteiger partial charge in [-0.15, -0.1) is 0 Å². The number of aromatic nitrogens is 2. The summed E-state index contributed by atoms with van der Waals surface area (Å²) in [6, 6.07) is 0. The Kier molecular flexibility index (Phi) is 2.73. The van der Waals surface area contributed by atoms with Gasteiger partial charge < -0.3 is 10.3 Å². The molecule has 0 radical (unpaired) electrons. The van der Waals surface area contributed by atoms with Crippen LogP contribution in [-0.2, 0) is 4.79 Å². The predicted octanol–water partition coefficient (Wildman–Crippen LogP) is 0.880. The first-order valence-corrected chi connectivity index (χ1v) is 5.33. The van der Waals surface area contributed by atoms with E-state index in [2.05, 4.69) is 20.6 Å². The van der Waals surface area contributed by atoms with E-state index >= 15 is 0 Å². The lowest BCUT2D eigenvalue weighted by Gasteiger charge is -2.25. The topological polar surface area (TPSA) is 69.8 Å². The summed E-state index contributed by atoms with van der Waals surface area (Å²) in [5.74, 6) is 0.527. The van der Waals surface area contributed by atoms with Crippen LogP contribution in [0.1, 0.15) is 26.2 Å². The van der Waals surface area contributed by atoms with Gasteiger partial charge in [-0.25, -0.2) is 4.98 Å². The Hall–Kier alpha value is -1.36. The zero-order chi connectivity index (χ0) is 10.7. The van der Waals surface area contributed by atoms with Crippen molar-refractivity contribution in [2.45, 2.75) is 31.7 Å². The second-order valence-electron chi connectivity index (χ2n) is 3.86. The molecule has 0 aromatic carbocycles. The quantitative estimate of drug-likeness (QED) is 0.690. The van der Waals surface area contributed by atoms with Gasteiger partial charge in [0.1, 0.15) is 0 Å². The van der Waals surface area contributed by atoms with Crippen molar-refractivity contribution in [3.05, 3.63) is 12.4 Å². The monoisotopic (exact) mass is 208 g/mol. The fourth-order valence-corrected chi connectivity index (χ4v) is 2.02. The van der Waals surface area contributed by atoms with Crippen LogP contribution in [0.25, 0.3) is 0 Å². The summed E-state index contributed by atoms with van der Waals surface area (Å²) in [6.07, 6.45) is 6.07. The average Bonchev–Trinajstić information content (AvgIpc) is 2.87. The lowest BCUT2D eigenvalue weighted by molar-refractivity contribution is -0.122. The molecule has 1 unspecified atom stereocenters. The van der Waals surface area contributed by atoms with Gasteiger partial charge in [0.15, 0.2) is 0 Å². The van der Waals surface area contributed by atoms with Gasteiger partial charge in [-0.1, -0.05) is 6.92 Å². The molecule has 5 nitrogen and oxygen atoms in total. The summed E-state index contributed by atoms with van der Waals surface area (Å²) in [4.78, 5) is 18.9. The van der Waals surface area contributed by atoms with Crippen molar-refractivity contribution in [3.8, 4) is 0 Å². The number of amides is 1. The zero-order valence-electron chi connectivity index (χ0n) is 8.84. The van der Waals surface area contributed by atoms with Gasteiger partial charge in [-0.3, -0.25) is 10.1 Å². The first-order chi connectivity index (χ1) is 7.27. The Bertz CT molecular complexity index is 327. The highest BCUT2D eigenvalue weighted by molar-refractivity contribution is 5.97. The van der Waals surface area contributed by atoms with Gasteiger partial charge in [0.25, 0.3) is 0 Å². The van der Waals surface area contributed by atoms with Crippen molar-refractivity contribution in [3.63, 3.8) is 0 Å². The van der Waals surface area contributed by atoms with Crippen molar-refractivity contribution in [2.24, 2.45) is 0 Å². The molecule has 1 amide bonds. The highest BCUT2D eigenvalue weighted by Crippen LogP contribution is 2.24. The second-order valence-corrected chi connectivity index (χ2v) is 3.86. The van der Waals surface area contributed by atoms with Crippen LogP contribution in [0.5, 0.6) is 0 Å². The molecule has 0 bridgehead atoms. The van der Waals surface area contributed by atoms with E-state index in [-0.39, 0.29) is 5.91 Å². The molecule has 2 rings (SSSR count). The van der Waals surface area contributed by atoms with E-state index in [1.54, 1.807) is 12.4 Å². The molecule has 0 spiro atoms. The summed E-state index contributed by atoms with van der Waals surface area (Å²) in [6.45, 7) is 2.94. The molecular weight excluding hydrogens is 192 g/mol. The lowest BCUT2D eigenvalue weighted by atomic mass is 9.93. The van der Waals surface area contributed by atoms with Crippen molar-refractivity contribution < 1.29 is 4.79 Å². The summed E-state index contributed by atoms with van der Waals surface area (Å²) in [5.41, 5.74) is -0.396. The van der Waals surface area contributed by atoms with Crippen LogP contribution in [0.15, 0.2) is 12.4 Å². The lowest BCUT2D eigenvalue weighted by Crippen LogP contribution is -2.50. The van der Waals surface area contributed by atoms with Crippen LogP contribution in [0.2, 0.25) is 0 Å². The molecule has 1 aromatic heterocycles. The van der Waals surface area contributed by atoms with E-state index in [0.29, 0.717) is 5.95 Å². The third-order valence-electron chi connectivity index (χ3n) is 3.01. The molecule has 2 heterocycles. The number of nitrogens with zero attached hydrogens (tertiary/aromatic N) is 1. The van der Waals surface area contributed by atoms with Gasteiger partial charge in [0.05, 0.1) is 5.54 Å². The average molecular weight is 208 g/mol.